The van der Waals surface area contributed by atoms with Crippen LogP contribution in [0.15, 0.2) is 6.20 Å². The third-order valence-electron chi connectivity index (χ3n) is 5.01. The summed E-state index contributed by atoms with van der Waals surface area (Å²) in [5, 5.41) is 3.71. The molecule has 0 aromatic carbocycles. The Morgan fingerprint density at radius 1 is 1.19 bits per heavy atom. The number of imidazole rings is 1. The number of aromatic nitrogens is 2. The van der Waals surface area contributed by atoms with Gasteiger partial charge in [-0.1, -0.05) is 19.3 Å². The van der Waals surface area contributed by atoms with Gasteiger partial charge >= 0.3 is 0 Å². The first kappa shape index (κ1) is 14.9. The van der Waals surface area contributed by atoms with E-state index in [1.54, 1.807) is 0 Å². The van der Waals surface area contributed by atoms with Gasteiger partial charge in [0.2, 0.25) is 5.95 Å². The Kier molecular flexibility index (Phi) is 4.84. The van der Waals surface area contributed by atoms with E-state index in [1.807, 2.05) is 0 Å². The number of rotatable bonds is 4. The number of likely N-dealkylation sites (tertiary alicyclic amines) is 1. The van der Waals surface area contributed by atoms with E-state index in [1.165, 1.54) is 58.0 Å². The Balaban J connectivity index is 1.64. The predicted molar refractivity (Wildman–Crippen MR) is 87.7 cm³/mol. The highest BCUT2D eigenvalue weighted by atomic mass is 15.2. The maximum absolute atomic E-state index is 4.73. The van der Waals surface area contributed by atoms with Crippen LogP contribution in [0.5, 0.6) is 0 Å². The van der Waals surface area contributed by atoms with Gasteiger partial charge in [-0.15, -0.1) is 0 Å². The lowest BCUT2D eigenvalue weighted by Gasteiger charge is -2.30. The molecule has 2 heterocycles. The Hall–Kier alpha value is -1.03. The van der Waals surface area contributed by atoms with Crippen LogP contribution in [0.3, 0.4) is 0 Å². The maximum atomic E-state index is 4.73. The van der Waals surface area contributed by atoms with Crippen molar-refractivity contribution in [2.24, 2.45) is 5.92 Å². The third-order valence-corrected chi connectivity index (χ3v) is 5.01. The van der Waals surface area contributed by atoms with Gasteiger partial charge in [0.1, 0.15) is 0 Å². The van der Waals surface area contributed by atoms with Crippen molar-refractivity contribution in [3.8, 4) is 0 Å². The molecular weight excluding hydrogens is 260 g/mol. The maximum Gasteiger partial charge on any atom is 0.203 e. The zero-order valence-corrected chi connectivity index (χ0v) is 13.6. The normalized spacial score (nSPS) is 25.1. The van der Waals surface area contributed by atoms with Gasteiger partial charge in [0.15, 0.2) is 0 Å². The monoisotopic (exact) mass is 290 g/mol. The number of nitrogens with zero attached hydrogens (tertiary/aromatic N) is 3. The molecule has 1 saturated carbocycles. The first-order chi connectivity index (χ1) is 10.2. The summed E-state index contributed by atoms with van der Waals surface area (Å²) in [6, 6.07) is 0.633. The van der Waals surface area contributed by atoms with Crippen molar-refractivity contribution in [2.75, 3.05) is 25.5 Å². The van der Waals surface area contributed by atoms with Crippen molar-refractivity contribution in [1.82, 2.24) is 14.5 Å². The molecule has 1 aromatic rings. The van der Waals surface area contributed by atoms with Crippen molar-refractivity contribution in [2.45, 2.75) is 64.5 Å². The molecule has 0 spiro atoms. The third kappa shape index (κ3) is 4.00. The smallest absolute Gasteiger partial charge is 0.203 e. The summed E-state index contributed by atoms with van der Waals surface area (Å²) in [6.07, 6.45) is 11.6. The number of nitrogens with one attached hydrogen (secondary N) is 1. The predicted octanol–water partition coefficient (Wildman–Crippen LogP) is 3.28. The molecule has 1 aromatic heterocycles. The molecule has 1 saturated heterocycles. The highest BCUT2D eigenvalue weighted by Gasteiger charge is 2.20. The van der Waals surface area contributed by atoms with Gasteiger partial charge in [-0.2, -0.15) is 0 Å². The molecule has 1 atom stereocenters. The fourth-order valence-electron chi connectivity index (χ4n) is 3.93. The number of aryl methyl sites for hydroxylation is 1. The van der Waals surface area contributed by atoms with Gasteiger partial charge in [0.05, 0.1) is 5.69 Å². The van der Waals surface area contributed by atoms with Gasteiger partial charge < -0.3 is 14.8 Å². The zero-order valence-electron chi connectivity index (χ0n) is 13.6. The Morgan fingerprint density at radius 3 is 2.76 bits per heavy atom. The minimum absolute atomic E-state index is 0.633. The standard InChI is InChI=1S/C17H30N4/c1-14-11-21(13-15-7-6-10-20(2)12-15)17(18-14)19-16-8-4-3-5-9-16/h11,15-16H,3-10,12-13H2,1-2H3,(H,18,19). The molecule has 2 fully saturated rings. The molecule has 1 aliphatic heterocycles. The topological polar surface area (TPSA) is 33.1 Å². The fraction of sp³-hybridized carbons (Fsp3) is 0.824. The van der Waals surface area contributed by atoms with E-state index in [9.17, 15) is 0 Å². The van der Waals surface area contributed by atoms with Crippen molar-refractivity contribution in [1.29, 1.82) is 0 Å². The van der Waals surface area contributed by atoms with Crippen molar-refractivity contribution in [3.63, 3.8) is 0 Å². The summed E-state index contributed by atoms with van der Waals surface area (Å²) in [5.74, 6) is 1.87. The lowest BCUT2D eigenvalue weighted by molar-refractivity contribution is 0.195. The van der Waals surface area contributed by atoms with Crippen LogP contribution in [0.4, 0.5) is 5.95 Å². The average molecular weight is 290 g/mol. The lowest BCUT2D eigenvalue weighted by atomic mass is 9.96. The van der Waals surface area contributed by atoms with Gasteiger partial charge in [0, 0.05) is 25.3 Å². The van der Waals surface area contributed by atoms with Crippen molar-refractivity contribution in [3.05, 3.63) is 11.9 Å². The largest absolute Gasteiger partial charge is 0.353 e. The summed E-state index contributed by atoms with van der Waals surface area (Å²) >= 11 is 0. The van der Waals surface area contributed by atoms with Crippen LogP contribution >= 0.6 is 0 Å². The molecule has 3 rings (SSSR count). The van der Waals surface area contributed by atoms with Crippen LogP contribution in [-0.4, -0.2) is 40.6 Å². The van der Waals surface area contributed by atoms with E-state index in [4.69, 9.17) is 4.98 Å². The molecular formula is C17H30N4. The van der Waals surface area contributed by atoms with Crippen LogP contribution in [0.2, 0.25) is 0 Å². The first-order valence-electron chi connectivity index (χ1n) is 8.69. The summed E-state index contributed by atoms with van der Waals surface area (Å²) in [5.41, 5.74) is 1.14. The summed E-state index contributed by atoms with van der Waals surface area (Å²) < 4.78 is 2.37. The Morgan fingerprint density at radius 2 is 2.00 bits per heavy atom. The van der Waals surface area contributed by atoms with Crippen LogP contribution in [0.25, 0.3) is 0 Å². The van der Waals surface area contributed by atoms with E-state index in [2.05, 4.69) is 35.0 Å². The second kappa shape index (κ2) is 6.82. The van der Waals surface area contributed by atoms with E-state index in [0.29, 0.717) is 6.04 Å². The minimum Gasteiger partial charge on any atom is -0.353 e. The molecule has 4 heteroatoms. The SMILES string of the molecule is Cc1cn(CC2CCCN(C)C2)c(NC2CCCCC2)n1. The summed E-state index contributed by atoms with van der Waals surface area (Å²) in [4.78, 5) is 7.19. The minimum atomic E-state index is 0.633. The molecule has 4 nitrogen and oxygen atoms in total. The van der Waals surface area contributed by atoms with Crippen LogP contribution in [0, 0.1) is 12.8 Å². The molecule has 118 valence electrons. The fourth-order valence-corrected chi connectivity index (χ4v) is 3.93. The zero-order chi connectivity index (χ0) is 14.7. The second-order valence-corrected chi connectivity index (χ2v) is 7.11. The van der Waals surface area contributed by atoms with E-state index in [0.717, 1.165) is 24.1 Å². The Labute approximate surface area is 128 Å². The van der Waals surface area contributed by atoms with E-state index >= 15 is 0 Å². The quantitative estimate of drug-likeness (QED) is 0.924. The van der Waals surface area contributed by atoms with Crippen molar-refractivity contribution >= 4 is 5.95 Å². The molecule has 1 unspecified atom stereocenters. The number of hydrogen-bond acceptors (Lipinski definition) is 3. The van der Waals surface area contributed by atoms with Crippen LogP contribution in [-0.2, 0) is 6.54 Å². The molecule has 1 N–H and O–H groups in total. The summed E-state index contributed by atoms with van der Waals surface area (Å²) in [6.45, 7) is 5.70. The molecule has 0 amide bonds. The molecule has 0 bridgehead atoms. The average Bonchev–Trinajstić information content (AvgIpc) is 2.80. The molecule has 0 radical (unpaired) electrons. The molecule has 21 heavy (non-hydrogen) atoms. The number of anilines is 1. The van der Waals surface area contributed by atoms with E-state index < -0.39 is 0 Å². The van der Waals surface area contributed by atoms with E-state index in [-0.39, 0.29) is 0 Å². The van der Waals surface area contributed by atoms with Crippen molar-refractivity contribution < 1.29 is 0 Å². The van der Waals surface area contributed by atoms with Crippen LogP contribution < -0.4 is 5.32 Å². The summed E-state index contributed by atoms with van der Waals surface area (Å²) in [7, 11) is 2.24. The highest BCUT2D eigenvalue weighted by molar-refractivity contribution is 5.30. The van der Waals surface area contributed by atoms with Crippen LogP contribution in [0.1, 0.15) is 50.6 Å². The molecule has 2 aliphatic rings. The van der Waals surface area contributed by atoms with Gasteiger partial charge in [-0.25, -0.2) is 4.98 Å². The van der Waals surface area contributed by atoms with Gasteiger partial charge in [0.25, 0.3) is 0 Å². The Bertz CT molecular complexity index is 448. The molecule has 1 aliphatic carbocycles. The number of piperidine rings is 1. The first-order valence-corrected chi connectivity index (χ1v) is 8.69. The number of hydrogen-bond donors (Lipinski definition) is 1. The second-order valence-electron chi connectivity index (χ2n) is 7.11. The highest BCUT2D eigenvalue weighted by Crippen LogP contribution is 2.23. The van der Waals surface area contributed by atoms with Gasteiger partial charge in [-0.3, -0.25) is 0 Å². The van der Waals surface area contributed by atoms with Gasteiger partial charge in [-0.05, 0) is 52.1 Å². The lowest BCUT2D eigenvalue weighted by Crippen LogP contribution is -2.34.